The normalized spacial score (nSPS) is 11.7. The van der Waals surface area contributed by atoms with Crippen molar-refractivity contribution in [2.75, 3.05) is 23.9 Å². The van der Waals surface area contributed by atoms with E-state index < -0.39 is 9.84 Å². The van der Waals surface area contributed by atoms with E-state index in [1.54, 1.807) is 0 Å². The fourth-order valence-electron chi connectivity index (χ4n) is 1.74. The molecule has 102 valence electrons. The van der Waals surface area contributed by atoms with E-state index in [9.17, 15) is 8.42 Å². The van der Waals surface area contributed by atoms with Gasteiger partial charge in [-0.05, 0) is 6.42 Å². The minimum Gasteiger partial charge on any atom is -0.368 e. The third-order valence-corrected chi connectivity index (χ3v) is 3.94. The van der Waals surface area contributed by atoms with Crippen molar-refractivity contribution >= 4 is 38.0 Å². The second kappa shape index (κ2) is 5.71. The van der Waals surface area contributed by atoms with E-state index in [2.05, 4.69) is 15.5 Å². The van der Waals surface area contributed by atoms with Gasteiger partial charge in [-0.2, -0.15) is 0 Å². The second-order valence-corrected chi connectivity index (χ2v) is 6.91. The first-order valence-corrected chi connectivity index (χ1v) is 8.24. The van der Waals surface area contributed by atoms with Crippen LogP contribution in [0.15, 0.2) is 24.3 Å². The summed E-state index contributed by atoms with van der Waals surface area (Å²) in [6.07, 6.45) is 1.75. The highest BCUT2D eigenvalue weighted by Gasteiger charge is 2.07. The summed E-state index contributed by atoms with van der Waals surface area (Å²) < 4.78 is 22.1. The molecule has 0 unspecified atom stereocenters. The number of anilines is 1. The molecule has 1 N–H and O–H groups in total. The van der Waals surface area contributed by atoms with Crippen LogP contribution in [0.25, 0.3) is 10.8 Å². The van der Waals surface area contributed by atoms with Crippen LogP contribution in [0.1, 0.15) is 6.42 Å². The first-order chi connectivity index (χ1) is 8.97. The Bertz CT molecular complexity index is 688. The van der Waals surface area contributed by atoms with E-state index in [4.69, 9.17) is 11.6 Å². The summed E-state index contributed by atoms with van der Waals surface area (Å²) in [6, 6.07) is 7.54. The Labute approximate surface area is 116 Å². The number of benzene rings is 1. The van der Waals surface area contributed by atoms with Crippen LogP contribution < -0.4 is 5.32 Å². The van der Waals surface area contributed by atoms with Crippen molar-refractivity contribution in [1.29, 1.82) is 0 Å². The van der Waals surface area contributed by atoms with E-state index in [1.807, 2.05) is 24.3 Å². The molecule has 0 radical (unpaired) electrons. The molecule has 2 rings (SSSR count). The van der Waals surface area contributed by atoms with Crippen molar-refractivity contribution in [2.24, 2.45) is 0 Å². The third kappa shape index (κ3) is 3.78. The fraction of sp³-hybridized carbons (Fsp3) is 0.333. The molecule has 2 aromatic rings. The van der Waals surface area contributed by atoms with Crippen LogP contribution in [0, 0.1) is 0 Å². The van der Waals surface area contributed by atoms with E-state index in [0.29, 0.717) is 23.9 Å². The molecule has 0 saturated carbocycles. The first-order valence-electron chi connectivity index (χ1n) is 5.80. The highest BCUT2D eigenvalue weighted by Crippen LogP contribution is 2.25. The zero-order valence-corrected chi connectivity index (χ0v) is 12.0. The summed E-state index contributed by atoms with van der Waals surface area (Å²) in [5, 5.41) is 13.0. The molecule has 1 heterocycles. The molecule has 7 heteroatoms. The predicted molar refractivity (Wildman–Crippen MR) is 77.4 cm³/mol. The zero-order chi connectivity index (χ0) is 13.9. The van der Waals surface area contributed by atoms with Crippen LogP contribution in [0.2, 0.25) is 5.15 Å². The lowest BCUT2D eigenvalue weighted by Crippen LogP contribution is -2.11. The maximum Gasteiger partial charge on any atom is 0.159 e. The van der Waals surface area contributed by atoms with Gasteiger partial charge < -0.3 is 5.32 Å². The molecule has 0 amide bonds. The van der Waals surface area contributed by atoms with Crippen molar-refractivity contribution in [3.63, 3.8) is 0 Å². The minimum atomic E-state index is -2.92. The van der Waals surface area contributed by atoms with Gasteiger partial charge >= 0.3 is 0 Å². The molecule has 0 atom stereocenters. The molecule has 0 fully saturated rings. The molecule has 0 bridgehead atoms. The highest BCUT2D eigenvalue weighted by molar-refractivity contribution is 7.90. The van der Waals surface area contributed by atoms with Gasteiger partial charge in [0.2, 0.25) is 0 Å². The van der Waals surface area contributed by atoms with Crippen molar-refractivity contribution in [1.82, 2.24) is 10.2 Å². The number of fused-ring (bicyclic) bond motifs is 1. The summed E-state index contributed by atoms with van der Waals surface area (Å²) in [5.41, 5.74) is 0. The Morgan fingerprint density at radius 3 is 2.58 bits per heavy atom. The average Bonchev–Trinajstić information content (AvgIpc) is 2.36. The Kier molecular flexibility index (Phi) is 4.21. The van der Waals surface area contributed by atoms with Crippen molar-refractivity contribution in [2.45, 2.75) is 6.42 Å². The number of hydrogen-bond donors (Lipinski definition) is 1. The van der Waals surface area contributed by atoms with Gasteiger partial charge in [-0.3, -0.25) is 0 Å². The maximum absolute atomic E-state index is 11.0. The average molecular weight is 300 g/mol. The van der Waals surface area contributed by atoms with Crippen molar-refractivity contribution < 1.29 is 8.42 Å². The lowest BCUT2D eigenvalue weighted by molar-refractivity contribution is 0.600. The topological polar surface area (TPSA) is 72.0 Å². The molecule has 0 aliphatic heterocycles. The van der Waals surface area contributed by atoms with Crippen LogP contribution in [0.3, 0.4) is 0 Å². The Hall–Kier alpha value is -1.40. The van der Waals surface area contributed by atoms with Gasteiger partial charge in [-0.25, -0.2) is 8.42 Å². The monoisotopic (exact) mass is 299 g/mol. The molecular formula is C12H14ClN3O2S. The Balaban J connectivity index is 2.11. The summed E-state index contributed by atoms with van der Waals surface area (Å²) >= 11 is 5.97. The van der Waals surface area contributed by atoms with Gasteiger partial charge in [-0.15, -0.1) is 10.2 Å². The van der Waals surface area contributed by atoms with Gasteiger partial charge in [0.1, 0.15) is 9.84 Å². The van der Waals surface area contributed by atoms with E-state index in [1.165, 1.54) is 6.26 Å². The number of hydrogen-bond acceptors (Lipinski definition) is 5. The smallest absolute Gasteiger partial charge is 0.159 e. The molecule has 0 spiro atoms. The van der Waals surface area contributed by atoms with Gasteiger partial charge in [0.25, 0.3) is 0 Å². The molecular weight excluding hydrogens is 286 g/mol. The number of nitrogens with zero attached hydrogens (tertiary/aromatic N) is 2. The largest absolute Gasteiger partial charge is 0.368 e. The lowest BCUT2D eigenvalue weighted by Gasteiger charge is -2.08. The predicted octanol–water partition coefficient (Wildman–Crippen LogP) is 2.13. The molecule has 1 aromatic carbocycles. The van der Waals surface area contributed by atoms with Crippen LogP contribution in [0.5, 0.6) is 0 Å². The van der Waals surface area contributed by atoms with Crippen LogP contribution in [0.4, 0.5) is 5.82 Å². The summed E-state index contributed by atoms with van der Waals surface area (Å²) in [6.45, 7) is 0.521. The van der Waals surface area contributed by atoms with Gasteiger partial charge in [0, 0.05) is 23.6 Å². The van der Waals surface area contributed by atoms with Crippen LogP contribution in [-0.4, -0.2) is 37.2 Å². The number of rotatable bonds is 5. The van der Waals surface area contributed by atoms with Crippen molar-refractivity contribution in [3.8, 4) is 0 Å². The van der Waals surface area contributed by atoms with Crippen molar-refractivity contribution in [3.05, 3.63) is 29.4 Å². The quantitative estimate of drug-likeness (QED) is 0.856. The zero-order valence-electron chi connectivity index (χ0n) is 10.4. The second-order valence-electron chi connectivity index (χ2n) is 4.30. The van der Waals surface area contributed by atoms with E-state index in [-0.39, 0.29) is 5.75 Å². The molecule has 0 aliphatic rings. The third-order valence-electron chi connectivity index (χ3n) is 2.63. The Morgan fingerprint density at radius 2 is 1.89 bits per heavy atom. The first kappa shape index (κ1) is 14.0. The van der Waals surface area contributed by atoms with Crippen LogP contribution >= 0.6 is 11.6 Å². The lowest BCUT2D eigenvalue weighted by atomic mass is 10.2. The molecule has 1 aromatic heterocycles. The standard InChI is InChI=1S/C12H14ClN3O2S/c1-19(17,18)8-4-7-14-12-10-6-3-2-5-9(10)11(13)15-16-12/h2-3,5-6H,4,7-8H2,1H3,(H,14,16). The number of sulfone groups is 1. The Morgan fingerprint density at radius 1 is 1.21 bits per heavy atom. The minimum absolute atomic E-state index is 0.152. The van der Waals surface area contributed by atoms with Gasteiger partial charge in [0.05, 0.1) is 5.75 Å². The highest BCUT2D eigenvalue weighted by atomic mass is 35.5. The van der Waals surface area contributed by atoms with E-state index in [0.717, 1.165) is 10.8 Å². The molecule has 19 heavy (non-hydrogen) atoms. The molecule has 5 nitrogen and oxygen atoms in total. The molecule has 0 saturated heterocycles. The number of aromatic nitrogens is 2. The fourth-order valence-corrected chi connectivity index (χ4v) is 2.61. The summed E-state index contributed by atoms with van der Waals surface area (Å²) in [4.78, 5) is 0. The van der Waals surface area contributed by atoms with Gasteiger partial charge in [-0.1, -0.05) is 35.9 Å². The summed E-state index contributed by atoms with van der Waals surface area (Å²) in [7, 11) is -2.92. The SMILES string of the molecule is CS(=O)(=O)CCCNc1nnc(Cl)c2ccccc12. The maximum atomic E-state index is 11.0. The number of nitrogens with one attached hydrogen (secondary N) is 1. The van der Waals surface area contributed by atoms with Gasteiger partial charge in [0.15, 0.2) is 11.0 Å². The summed E-state index contributed by atoms with van der Waals surface area (Å²) in [5.74, 6) is 0.771. The molecule has 0 aliphatic carbocycles. The number of halogens is 1. The van der Waals surface area contributed by atoms with E-state index >= 15 is 0 Å². The van der Waals surface area contributed by atoms with Crippen LogP contribution in [-0.2, 0) is 9.84 Å².